The number of unbranched alkanes of at least 4 members (excludes halogenated alkanes) is 15. The van der Waals surface area contributed by atoms with Crippen molar-refractivity contribution in [2.75, 3.05) is 26.4 Å². The molecule has 0 amide bonds. The zero-order valence-electron chi connectivity index (χ0n) is 33.8. The summed E-state index contributed by atoms with van der Waals surface area (Å²) in [5.74, 6) is -0.921. The molecule has 0 bridgehead atoms. The van der Waals surface area contributed by atoms with E-state index in [2.05, 4.69) is 19.1 Å². The fraction of sp³-hybridized carbons (Fsp3) is 0.721. The van der Waals surface area contributed by atoms with Crippen LogP contribution in [0.4, 0.5) is 0 Å². The van der Waals surface area contributed by atoms with Crippen LogP contribution >= 0.6 is 7.82 Å². The minimum atomic E-state index is -4.40. The highest BCUT2D eigenvalue weighted by Crippen LogP contribution is 2.43. The van der Waals surface area contributed by atoms with Gasteiger partial charge < -0.3 is 25.2 Å². The second kappa shape index (κ2) is 38.9. The predicted molar refractivity (Wildman–Crippen MR) is 221 cm³/mol. The first-order valence-corrected chi connectivity index (χ1v) is 22.4. The summed E-state index contributed by atoms with van der Waals surface area (Å²) in [5, 5.41) is 9.75. The Kier molecular flexibility index (Phi) is 37.2. The number of hydrogen-bond donors (Lipinski definition) is 3. The van der Waals surface area contributed by atoms with Gasteiger partial charge in [0, 0.05) is 19.4 Å². The molecule has 4 N–H and O–H groups in total. The number of aliphatic hydroxyl groups excluding tert-OH is 1. The Hall–Kier alpha value is -2.33. The largest absolute Gasteiger partial charge is 0.472 e. The van der Waals surface area contributed by atoms with Crippen LogP contribution in [0, 0.1) is 0 Å². The summed E-state index contributed by atoms with van der Waals surface area (Å²) >= 11 is 0. The van der Waals surface area contributed by atoms with E-state index in [1.165, 1.54) is 70.6 Å². The van der Waals surface area contributed by atoms with E-state index in [0.29, 0.717) is 25.7 Å². The highest BCUT2D eigenvalue weighted by atomic mass is 31.2. The smallest absolute Gasteiger partial charge is 0.462 e. The van der Waals surface area contributed by atoms with Crippen LogP contribution in [-0.4, -0.2) is 60.5 Å². The Morgan fingerprint density at radius 2 is 1.22 bits per heavy atom. The van der Waals surface area contributed by atoms with Crippen molar-refractivity contribution in [3.8, 4) is 0 Å². The molecule has 312 valence electrons. The second-order valence-corrected chi connectivity index (χ2v) is 15.1. The van der Waals surface area contributed by atoms with Gasteiger partial charge in [-0.2, -0.15) is 0 Å². The van der Waals surface area contributed by atoms with Gasteiger partial charge in [-0.25, -0.2) is 4.57 Å². The molecule has 2 unspecified atom stereocenters. The lowest BCUT2D eigenvalue weighted by Crippen LogP contribution is -2.29. The van der Waals surface area contributed by atoms with Crippen molar-refractivity contribution in [1.82, 2.24) is 0 Å². The maximum atomic E-state index is 12.6. The van der Waals surface area contributed by atoms with Crippen molar-refractivity contribution in [1.29, 1.82) is 0 Å². The van der Waals surface area contributed by atoms with Crippen LogP contribution in [0.1, 0.15) is 162 Å². The molecule has 0 aromatic heterocycles. The molecule has 3 atom stereocenters. The lowest BCUT2D eigenvalue weighted by atomic mass is 10.0. The fourth-order valence-corrected chi connectivity index (χ4v) is 6.16. The molecule has 10 nitrogen and oxygen atoms in total. The molecule has 0 fully saturated rings. The lowest BCUT2D eigenvalue weighted by molar-refractivity contribution is -0.161. The van der Waals surface area contributed by atoms with Gasteiger partial charge in [0.25, 0.3) is 0 Å². The van der Waals surface area contributed by atoms with Crippen molar-refractivity contribution >= 4 is 19.8 Å². The van der Waals surface area contributed by atoms with Crippen LogP contribution in [0.25, 0.3) is 0 Å². The van der Waals surface area contributed by atoms with Gasteiger partial charge in [-0.05, 0) is 44.9 Å². The van der Waals surface area contributed by atoms with Crippen LogP contribution in [-0.2, 0) is 32.7 Å². The van der Waals surface area contributed by atoms with Crippen LogP contribution in [0.3, 0.4) is 0 Å². The molecule has 0 aliphatic carbocycles. The van der Waals surface area contributed by atoms with Gasteiger partial charge >= 0.3 is 19.8 Å². The Balaban J connectivity index is 4.30. The van der Waals surface area contributed by atoms with E-state index in [0.717, 1.165) is 38.5 Å². The molecular weight excluding hydrogens is 705 g/mol. The first kappa shape index (κ1) is 51.7. The Labute approximate surface area is 328 Å². The van der Waals surface area contributed by atoms with E-state index in [1.807, 2.05) is 55.5 Å². The first-order chi connectivity index (χ1) is 26.2. The number of esters is 2. The second-order valence-electron chi connectivity index (χ2n) is 13.7. The van der Waals surface area contributed by atoms with Gasteiger partial charge in [0.2, 0.25) is 0 Å². The molecule has 11 heteroatoms. The van der Waals surface area contributed by atoms with Gasteiger partial charge in [-0.3, -0.25) is 18.6 Å². The topological polar surface area (TPSA) is 155 Å². The van der Waals surface area contributed by atoms with Gasteiger partial charge in [0.15, 0.2) is 6.10 Å². The number of ether oxygens (including phenoxy) is 2. The third-order valence-corrected chi connectivity index (χ3v) is 9.48. The number of phosphoric ester groups is 1. The molecule has 0 aromatic carbocycles. The van der Waals surface area contributed by atoms with Crippen molar-refractivity contribution < 1.29 is 42.7 Å². The molecular formula is C43H76NO9P. The third kappa shape index (κ3) is 38.0. The maximum Gasteiger partial charge on any atom is 0.472 e. The number of phosphoric acid groups is 1. The number of aliphatic hydroxyl groups is 1. The summed E-state index contributed by atoms with van der Waals surface area (Å²) in [6.45, 7) is 3.41. The van der Waals surface area contributed by atoms with Gasteiger partial charge in [-0.15, -0.1) is 0 Å². The Morgan fingerprint density at radius 1 is 0.667 bits per heavy atom. The minimum absolute atomic E-state index is 0.0379. The van der Waals surface area contributed by atoms with Crippen molar-refractivity contribution in [2.24, 2.45) is 5.73 Å². The number of carbonyl (C=O) groups is 2. The standard InChI is InChI=1S/C43H76NO9P/c1-3-5-7-8-9-10-11-12-13-14-19-22-25-28-31-35-43(47)53-41(39-52-54(48,49)51-37-36-44)38-50-42(46)34-30-27-24-21-18-16-15-17-20-23-26-29-33-40(45)32-6-4-2/h6,15-16,20-21,23-24,26,29,32,40-41,45H,3-5,7-14,17-19,22,25,27-28,30-31,33-39,44H2,1-2H3,(H,48,49)/b16-15-,23-20-,24-21-,29-26+,32-6-/t40?,41-/m1/s1. The summed E-state index contributed by atoms with van der Waals surface area (Å²) < 4.78 is 32.7. The summed E-state index contributed by atoms with van der Waals surface area (Å²) in [4.78, 5) is 34.8. The minimum Gasteiger partial charge on any atom is -0.462 e. The van der Waals surface area contributed by atoms with Crippen molar-refractivity contribution in [3.63, 3.8) is 0 Å². The highest BCUT2D eigenvalue weighted by molar-refractivity contribution is 7.47. The number of rotatable bonds is 38. The van der Waals surface area contributed by atoms with E-state index in [-0.39, 0.29) is 32.6 Å². The fourth-order valence-electron chi connectivity index (χ4n) is 5.40. The molecule has 0 radical (unpaired) electrons. The molecule has 0 aliphatic rings. The first-order valence-electron chi connectivity index (χ1n) is 20.9. The maximum absolute atomic E-state index is 12.6. The third-order valence-electron chi connectivity index (χ3n) is 8.49. The molecule has 0 spiro atoms. The summed E-state index contributed by atoms with van der Waals surface area (Å²) in [7, 11) is -4.40. The molecule has 0 saturated carbocycles. The van der Waals surface area contributed by atoms with Crippen LogP contribution in [0.15, 0.2) is 60.8 Å². The van der Waals surface area contributed by atoms with Crippen molar-refractivity contribution in [2.45, 2.75) is 174 Å². The number of hydrogen-bond acceptors (Lipinski definition) is 9. The van der Waals surface area contributed by atoms with E-state index >= 15 is 0 Å². The molecule has 0 aliphatic heterocycles. The predicted octanol–water partition coefficient (Wildman–Crippen LogP) is 10.7. The normalized spacial score (nSPS) is 14.5. The van der Waals surface area contributed by atoms with E-state index < -0.39 is 38.6 Å². The molecule has 0 saturated heterocycles. The zero-order chi connectivity index (χ0) is 39.8. The van der Waals surface area contributed by atoms with Crippen LogP contribution < -0.4 is 5.73 Å². The number of carbonyl (C=O) groups excluding carboxylic acids is 2. The van der Waals surface area contributed by atoms with Gasteiger partial charge in [0.05, 0.1) is 19.3 Å². The van der Waals surface area contributed by atoms with Gasteiger partial charge in [0.1, 0.15) is 6.61 Å². The monoisotopic (exact) mass is 782 g/mol. The summed E-state index contributed by atoms with van der Waals surface area (Å²) in [6, 6.07) is 0. The molecule has 0 heterocycles. The van der Waals surface area contributed by atoms with E-state index in [1.54, 1.807) is 0 Å². The SMILES string of the molecule is CC/C=C\C(O)C/C=C/C=C\C/C=C\C/C=C\CCCC(=O)OC[C@H](COP(=O)(O)OCCN)OC(=O)CCCCCCCCCCCCCCCCC. The summed E-state index contributed by atoms with van der Waals surface area (Å²) in [6.07, 6.45) is 41.7. The number of allylic oxidation sites excluding steroid dienone is 8. The average Bonchev–Trinajstić information content (AvgIpc) is 3.15. The zero-order valence-corrected chi connectivity index (χ0v) is 34.7. The summed E-state index contributed by atoms with van der Waals surface area (Å²) in [5.41, 5.74) is 5.33. The molecule has 0 aromatic rings. The molecule has 54 heavy (non-hydrogen) atoms. The highest BCUT2D eigenvalue weighted by Gasteiger charge is 2.26. The lowest BCUT2D eigenvalue weighted by Gasteiger charge is -2.19. The molecule has 0 rings (SSSR count). The van der Waals surface area contributed by atoms with E-state index in [4.69, 9.17) is 24.3 Å². The van der Waals surface area contributed by atoms with Crippen LogP contribution in [0.2, 0.25) is 0 Å². The Bertz CT molecular complexity index is 1090. The quantitative estimate of drug-likeness (QED) is 0.0181. The number of nitrogens with two attached hydrogens (primary N) is 1. The van der Waals surface area contributed by atoms with Crippen molar-refractivity contribution in [3.05, 3.63) is 60.8 Å². The average molecular weight is 782 g/mol. The van der Waals surface area contributed by atoms with E-state index in [9.17, 15) is 24.2 Å². The van der Waals surface area contributed by atoms with Crippen LogP contribution in [0.5, 0.6) is 0 Å². The van der Waals surface area contributed by atoms with Gasteiger partial charge in [-0.1, -0.05) is 164 Å². The Morgan fingerprint density at radius 3 is 1.83 bits per heavy atom.